The van der Waals surface area contributed by atoms with Crippen LogP contribution in [0.15, 0.2) is 40.4 Å². The minimum atomic E-state index is -0.338. The van der Waals surface area contributed by atoms with Gasteiger partial charge < -0.3 is 10.2 Å². The van der Waals surface area contributed by atoms with Crippen LogP contribution in [0.3, 0.4) is 0 Å². The van der Waals surface area contributed by atoms with E-state index < -0.39 is 0 Å². The Balaban J connectivity index is 1.62. The topological polar surface area (TPSA) is 107 Å². The molecule has 2 N–H and O–H groups in total. The van der Waals surface area contributed by atoms with Gasteiger partial charge in [-0.25, -0.2) is 14.7 Å². The van der Waals surface area contributed by atoms with Crippen molar-refractivity contribution in [2.24, 2.45) is 4.99 Å². The number of aromatic nitrogens is 4. The molecule has 1 unspecified atom stereocenters. The number of likely N-dealkylation sites (tertiary alicyclic amines) is 1. The number of aromatic amines is 1. The van der Waals surface area contributed by atoms with Crippen LogP contribution in [-0.2, 0) is 0 Å². The van der Waals surface area contributed by atoms with Crippen LogP contribution < -0.4 is 10.9 Å². The SMILES string of the molecule is N#Cc1cn(-c2c[nH]n(C3C=C(N4CCCCC4)N=CN3)c2=O)cn1. The second-order valence-electron chi connectivity index (χ2n) is 6.05. The normalized spacial score (nSPS) is 20.0. The number of H-pyrrole nitrogens is 1. The van der Waals surface area contributed by atoms with E-state index in [0.717, 1.165) is 18.9 Å². The van der Waals surface area contributed by atoms with E-state index >= 15 is 0 Å². The zero-order valence-electron chi connectivity index (χ0n) is 13.6. The summed E-state index contributed by atoms with van der Waals surface area (Å²) in [4.78, 5) is 23.3. The van der Waals surface area contributed by atoms with Crippen molar-refractivity contribution in [3.8, 4) is 11.8 Å². The molecule has 2 aromatic heterocycles. The Hall–Kier alpha value is -3.28. The van der Waals surface area contributed by atoms with Gasteiger partial charge in [0, 0.05) is 31.6 Å². The number of nitriles is 1. The second kappa shape index (κ2) is 6.32. The summed E-state index contributed by atoms with van der Waals surface area (Å²) in [6.45, 7) is 1.99. The molecule has 1 atom stereocenters. The molecule has 0 radical (unpaired) electrons. The Morgan fingerprint density at radius 1 is 1.28 bits per heavy atom. The lowest BCUT2D eigenvalue weighted by Gasteiger charge is -2.31. The first-order valence-electron chi connectivity index (χ1n) is 8.26. The third-order valence-corrected chi connectivity index (χ3v) is 4.46. The van der Waals surface area contributed by atoms with Crippen molar-refractivity contribution in [3.05, 3.63) is 46.7 Å². The Morgan fingerprint density at radius 3 is 2.88 bits per heavy atom. The van der Waals surface area contributed by atoms with Crippen molar-refractivity contribution in [3.63, 3.8) is 0 Å². The van der Waals surface area contributed by atoms with Crippen molar-refractivity contribution in [1.29, 1.82) is 5.26 Å². The summed E-state index contributed by atoms with van der Waals surface area (Å²) >= 11 is 0. The third-order valence-electron chi connectivity index (χ3n) is 4.46. The molecular weight excluding hydrogens is 320 g/mol. The lowest BCUT2D eigenvalue weighted by molar-refractivity contribution is 0.277. The number of hydrogen-bond acceptors (Lipinski definition) is 6. The molecule has 0 saturated carbocycles. The van der Waals surface area contributed by atoms with Crippen LogP contribution in [0.5, 0.6) is 0 Å². The maximum atomic E-state index is 12.7. The van der Waals surface area contributed by atoms with E-state index in [-0.39, 0.29) is 17.4 Å². The number of hydrogen-bond donors (Lipinski definition) is 2. The molecule has 0 aliphatic carbocycles. The van der Waals surface area contributed by atoms with Crippen molar-refractivity contribution in [2.45, 2.75) is 25.4 Å². The molecule has 1 fully saturated rings. The summed E-state index contributed by atoms with van der Waals surface area (Å²) in [5.74, 6) is 0.890. The fraction of sp³-hybridized carbons (Fsp3) is 0.375. The van der Waals surface area contributed by atoms with Crippen LogP contribution in [0, 0.1) is 11.3 Å². The molecule has 2 aliphatic rings. The lowest BCUT2D eigenvalue weighted by Crippen LogP contribution is -2.37. The first-order chi connectivity index (χ1) is 12.3. The Kier molecular flexibility index (Phi) is 3.85. The molecule has 9 nitrogen and oxygen atoms in total. The summed E-state index contributed by atoms with van der Waals surface area (Å²) < 4.78 is 3.04. The summed E-state index contributed by atoms with van der Waals surface area (Å²) in [5, 5.41) is 14.9. The summed E-state index contributed by atoms with van der Waals surface area (Å²) in [5.41, 5.74) is 0.470. The number of nitrogens with one attached hydrogen (secondary N) is 2. The number of imidazole rings is 1. The van der Waals surface area contributed by atoms with Crippen LogP contribution in [0.25, 0.3) is 5.69 Å². The highest BCUT2D eigenvalue weighted by Crippen LogP contribution is 2.19. The molecule has 1 saturated heterocycles. The van der Waals surface area contributed by atoms with E-state index in [2.05, 4.69) is 25.3 Å². The summed E-state index contributed by atoms with van der Waals surface area (Å²) in [7, 11) is 0. The zero-order chi connectivity index (χ0) is 17.2. The van der Waals surface area contributed by atoms with Crippen LogP contribution in [0.1, 0.15) is 31.1 Å². The van der Waals surface area contributed by atoms with E-state index in [0.29, 0.717) is 5.69 Å². The van der Waals surface area contributed by atoms with Gasteiger partial charge in [-0.2, -0.15) is 5.26 Å². The maximum Gasteiger partial charge on any atom is 0.293 e. The molecule has 25 heavy (non-hydrogen) atoms. The molecule has 128 valence electrons. The van der Waals surface area contributed by atoms with Gasteiger partial charge in [0.05, 0.1) is 6.34 Å². The van der Waals surface area contributed by atoms with Gasteiger partial charge in [0.1, 0.15) is 30.1 Å². The largest absolute Gasteiger partial charge is 0.357 e. The minimum absolute atomic E-state index is 0.205. The molecule has 9 heteroatoms. The molecule has 0 spiro atoms. The van der Waals surface area contributed by atoms with Gasteiger partial charge in [-0.05, 0) is 19.3 Å². The summed E-state index contributed by atoms with van der Waals surface area (Å²) in [6.07, 6.45) is 11.4. The van der Waals surface area contributed by atoms with Crippen LogP contribution in [0.4, 0.5) is 0 Å². The number of piperidine rings is 1. The maximum absolute atomic E-state index is 12.7. The van der Waals surface area contributed by atoms with Crippen molar-refractivity contribution in [1.82, 2.24) is 29.5 Å². The van der Waals surface area contributed by atoms with Gasteiger partial charge in [0.15, 0.2) is 5.69 Å². The second-order valence-corrected chi connectivity index (χ2v) is 6.05. The molecule has 2 aromatic rings. The standard InChI is InChI=1S/C16H18N8O/c17-7-12-9-23(11-20-12)13-8-21-24(16(13)25)15-6-14(18-10-19-15)22-4-2-1-3-5-22/h6,8-11,15,21H,1-5H2,(H,18,19). The van der Waals surface area contributed by atoms with E-state index in [4.69, 9.17) is 5.26 Å². The van der Waals surface area contributed by atoms with Gasteiger partial charge in [-0.1, -0.05) is 0 Å². The Morgan fingerprint density at radius 2 is 2.12 bits per heavy atom. The van der Waals surface area contributed by atoms with Crippen molar-refractivity contribution < 1.29 is 0 Å². The van der Waals surface area contributed by atoms with Crippen molar-refractivity contribution in [2.75, 3.05) is 13.1 Å². The number of nitrogens with zero attached hydrogens (tertiary/aromatic N) is 6. The molecule has 4 heterocycles. The number of aliphatic imine (C=N–C) groups is 1. The average molecular weight is 338 g/mol. The molecule has 0 bridgehead atoms. The zero-order valence-corrected chi connectivity index (χ0v) is 13.6. The van der Waals surface area contributed by atoms with Crippen LogP contribution in [-0.4, -0.2) is 43.7 Å². The van der Waals surface area contributed by atoms with Gasteiger partial charge in [0.2, 0.25) is 0 Å². The highest BCUT2D eigenvalue weighted by Gasteiger charge is 2.20. The van der Waals surface area contributed by atoms with Gasteiger partial charge in [0.25, 0.3) is 5.56 Å². The summed E-state index contributed by atoms with van der Waals surface area (Å²) in [6, 6.07) is 1.95. The average Bonchev–Trinajstić information content (AvgIpc) is 3.29. The molecule has 4 rings (SSSR count). The Labute approximate surface area is 143 Å². The fourth-order valence-corrected chi connectivity index (χ4v) is 3.15. The van der Waals surface area contributed by atoms with Gasteiger partial charge >= 0.3 is 0 Å². The quantitative estimate of drug-likeness (QED) is 0.856. The van der Waals surface area contributed by atoms with E-state index in [1.165, 1.54) is 36.5 Å². The lowest BCUT2D eigenvalue weighted by atomic mass is 10.1. The molecular formula is C16H18N8O. The smallest absolute Gasteiger partial charge is 0.293 e. The van der Waals surface area contributed by atoms with Gasteiger partial charge in [-0.3, -0.25) is 14.5 Å². The number of rotatable bonds is 3. The third kappa shape index (κ3) is 2.82. The van der Waals surface area contributed by atoms with Crippen LogP contribution >= 0.6 is 0 Å². The fourth-order valence-electron chi connectivity index (χ4n) is 3.15. The van der Waals surface area contributed by atoms with E-state index in [1.54, 1.807) is 17.1 Å². The highest BCUT2D eigenvalue weighted by atomic mass is 16.1. The van der Waals surface area contributed by atoms with Crippen LogP contribution in [0.2, 0.25) is 0 Å². The molecule has 0 amide bonds. The van der Waals surface area contributed by atoms with E-state index in [9.17, 15) is 4.79 Å². The van der Waals surface area contributed by atoms with E-state index in [1.807, 2.05) is 12.1 Å². The minimum Gasteiger partial charge on any atom is -0.357 e. The van der Waals surface area contributed by atoms with Crippen molar-refractivity contribution >= 4 is 6.34 Å². The first-order valence-corrected chi connectivity index (χ1v) is 8.26. The Bertz CT molecular complexity index is 919. The predicted octanol–water partition coefficient (Wildman–Crippen LogP) is 0.691. The first kappa shape index (κ1) is 15.3. The predicted molar refractivity (Wildman–Crippen MR) is 91.1 cm³/mol. The monoisotopic (exact) mass is 338 g/mol. The van der Waals surface area contributed by atoms with Gasteiger partial charge in [-0.15, -0.1) is 0 Å². The molecule has 2 aliphatic heterocycles. The molecule has 0 aromatic carbocycles. The highest BCUT2D eigenvalue weighted by molar-refractivity contribution is 5.58.